The Bertz CT molecular complexity index is 1700. The molecule has 0 bridgehead atoms. The van der Waals surface area contributed by atoms with E-state index in [2.05, 4.69) is 36.3 Å². The van der Waals surface area contributed by atoms with Gasteiger partial charge in [-0.1, -0.05) is 65.9 Å². The van der Waals surface area contributed by atoms with E-state index in [-0.39, 0.29) is 30.6 Å². The van der Waals surface area contributed by atoms with Crippen molar-refractivity contribution in [1.82, 2.24) is 25.7 Å². The summed E-state index contributed by atoms with van der Waals surface area (Å²) in [6, 6.07) is 19.3. The SMILES string of the molecule is COC(C(=O)Nc1nnc(CCCCc2ccc(NC(=O)Cc3cccc(CNC(=O)CC(C)(O)C(F)(F)F)c3)nn2)s1)c1ccccc1. The number of anilines is 2. The Morgan fingerprint density at radius 2 is 1.61 bits per heavy atom. The van der Waals surface area contributed by atoms with Crippen LogP contribution >= 0.6 is 11.3 Å². The van der Waals surface area contributed by atoms with Crippen molar-refractivity contribution in [3.05, 3.63) is 94.1 Å². The smallest absolute Gasteiger partial charge is 0.380 e. The van der Waals surface area contributed by atoms with Crippen LogP contribution in [-0.2, 0) is 44.9 Å². The van der Waals surface area contributed by atoms with Gasteiger partial charge >= 0.3 is 6.18 Å². The Labute approximate surface area is 284 Å². The van der Waals surface area contributed by atoms with E-state index in [4.69, 9.17) is 4.74 Å². The van der Waals surface area contributed by atoms with E-state index in [0.717, 1.165) is 29.1 Å². The van der Waals surface area contributed by atoms with Crippen LogP contribution in [0.25, 0.3) is 0 Å². The summed E-state index contributed by atoms with van der Waals surface area (Å²) in [4.78, 5) is 37.2. The number of halogens is 3. The largest absolute Gasteiger partial charge is 0.417 e. The van der Waals surface area contributed by atoms with Crippen LogP contribution in [0, 0.1) is 0 Å². The Morgan fingerprint density at radius 1 is 0.878 bits per heavy atom. The van der Waals surface area contributed by atoms with Crippen LogP contribution in [0.2, 0.25) is 0 Å². The van der Waals surface area contributed by atoms with Crippen LogP contribution in [0.5, 0.6) is 0 Å². The van der Waals surface area contributed by atoms with Gasteiger partial charge in [0.1, 0.15) is 5.01 Å². The van der Waals surface area contributed by atoms with Crippen molar-refractivity contribution in [2.75, 3.05) is 17.7 Å². The molecule has 2 aromatic heterocycles. The van der Waals surface area contributed by atoms with Crippen molar-refractivity contribution < 1.29 is 37.4 Å². The van der Waals surface area contributed by atoms with E-state index in [1.165, 1.54) is 18.4 Å². The Kier molecular flexibility index (Phi) is 12.9. The third kappa shape index (κ3) is 11.4. The standard InChI is InChI=1S/C33H36F3N7O5S/c1-32(47,33(34,35)36)19-27(45)37-20-22-10-8-9-21(17-22)18-26(44)38-25-16-15-24(40-41-25)13-6-7-14-28-42-43-31(49-28)39-30(46)29(48-2)23-11-4-3-5-12-23/h3-5,8-12,15-17,29,47H,6-7,13-14,18-20H2,1-2H3,(H,37,45)(H,38,41,44)(H,39,43,46). The third-order valence-electron chi connectivity index (χ3n) is 7.30. The summed E-state index contributed by atoms with van der Waals surface area (Å²) in [5, 5.41) is 35.0. The molecule has 0 aliphatic rings. The molecule has 0 aliphatic heterocycles. The number of hydrogen-bond donors (Lipinski definition) is 4. The van der Waals surface area contributed by atoms with Crippen LogP contribution in [-0.4, -0.2) is 62.1 Å². The number of methoxy groups -OCH3 is 1. The molecule has 0 saturated carbocycles. The number of nitrogens with one attached hydrogen (secondary N) is 3. The van der Waals surface area contributed by atoms with Gasteiger partial charge in [0.2, 0.25) is 16.9 Å². The number of carbonyl (C=O) groups is 3. The molecule has 2 atom stereocenters. The third-order valence-corrected chi connectivity index (χ3v) is 8.19. The van der Waals surface area contributed by atoms with Gasteiger partial charge in [0.25, 0.3) is 5.91 Å². The summed E-state index contributed by atoms with van der Waals surface area (Å²) in [6.45, 7) is 0.471. The van der Waals surface area contributed by atoms with Crippen molar-refractivity contribution >= 4 is 40.0 Å². The molecule has 4 aromatic rings. The summed E-state index contributed by atoms with van der Waals surface area (Å²) in [7, 11) is 1.47. The number of ether oxygens (including phenoxy) is 1. The first-order valence-electron chi connectivity index (χ1n) is 15.3. The van der Waals surface area contributed by atoms with Crippen LogP contribution in [0.15, 0.2) is 66.7 Å². The van der Waals surface area contributed by atoms with Gasteiger partial charge in [-0.3, -0.25) is 19.7 Å². The molecule has 0 fully saturated rings. The van der Waals surface area contributed by atoms with Gasteiger partial charge in [0.15, 0.2) is 17.5 Å². The van der Waals surface area contributed by atoms with Gasteiger partial charge in [-0.05, 0) is 55.0 Å². The van der Waals surface area contributed by atoms with Crippen molar-refractivity contribution in [3.63, 3.8) is 0 Å². The molecule has 0 saturated heterocycles. The molecule has 0 radical (unpaired) electrons. The summed E-state index contributed by atoms with van der Waals surface area (Å²) in [6.07, 6.45) is -3.88. The number of aryl methyl sites for hydroxylation is 2. The molecule has 49 heavy (non-hydrogen) atoms. The predicted molar refractivity (Wildman–Crippen MR) is 175 cm³/mol. The molecule has 4 N–H and O–H groups in total. The molecule has 0 aliphatic carbocycles. The molecule has 3 amide bonds. The molecular weight excluding hydrogens is 663 g/mol. The van der Waals surface area contributed by atoms with Gasteiger partial charge in [-0.15, -0.1) is 15.3 Å². The highest BCUT2D eigenvalue weighted by Crippen LogP contribution is 2.32. The zero-order valence-electron chi connectivity index (χ0n) is 26.8. The van der Waals surface area contributed by atoms with Crippen molar-refractivity contribution in [2.24, 2.45) is 0 Å². The second kappa shape index (κ2) is 17.0. The molecule has 2 aromatic carbocycles. The number of benzene rings is 2. The van der Waals surface area contributed by atoms with Crippen LogP contribution in [0.4, 0.5) is 24.1 Å². The number of alkyl halides is 3. The summed E-state index contributed by atoms with van der Waals surface area (Å²) in [5.41, 5.74) is -0.452. The topological polar surface area (TPSA) is 168 Å². The molecule has 0 spiro atoms. The lowest BCUT2D eigenvalue weighted by molar-refractivity contribution is -0.253. The summed E-state index contributed by atoms with van der Waals surface area (Å²) < 4.78 is 43.8. The molecule has 16 heteroatoms. The maximum atomic E-state index is 12.8. The summed E-state index contributed by atoms with van der Waals surface area (Å²) in [5.74, 6) is -1.36. The first kappa shape index (κ1) is 37.0. The maximum absolute atomic E-state index is 12.8. The van der Waals surface area contributed by atoms with Gasteiger partial charge in [-0.25, -0.2) is 0 Å². The molecule has 2 unspecified atom stereocenters. The predicted octanol–water partition coefficient (Wildman–Crippen LogP) is 4.72. The molecule has 12 nitrogen and oxygen atoms in total. The first-order valence-corrected chi connectivity index (χ1v) is 16.1. The quantitative estimate of drug-likeness (QED) is 0.121. The van der Waals surface area contributed by atoms with Gasteiger partial charge in [0, 0.05) is 20.1 Å². The second-order valence-corrected chi connectivity index (χ2v) is 12.5. The number of nitrogens with zero attached hydrogens (tertiary/aromatic N) is 4. The molecular formula is C33H36F3N7O5S. The molecule has 4 rings (SSSR count). The normalized spacial score (nSPS) is 13.3. The average Bonchev–Trinajstić information content (AvgIpc) is 3.50. The monoisotopic (exact) mass is 699 g/mol. The Hall–Kier alpha value is -4.80. The van der Waals surface area contributed by atoms with Crippen LogP contribution < -0.4 is 16.0 Å². The Balaban J connectivity index is 1.16. The van der Waals surface area contributed by atoms with Crippen LogP contribution in [0.3, 0.4) is 0 Å². The van der Waals surface area contributed by atoms with Gasteiger partial charge in [0.05, 0.1) is 18.5 Å². The number of hydrogen-bond acceptors (Lipinski definition) is 10. The molecule has 2 heterocycles. The van der Waals surface area contributed by atoms with Crippen LogP contribution in [0.1, 0.15) is 59.7 Å². The van der Waals surface area contributed by atoms with E-state index < -0.39 is 30.2 Å². The number of unbranched alkanes of at least 4 members (excludes halogenated alkanes) is 1. The fourth-order valence-electron chi connectivity index (χ4n) is 4.64. The van der Waals surface area contributed by atoms with E-state index >= 15 is 0 Å². The average molecular weight is 700 g/mol. The Morgan fingerprint density at radius 3 is 2.31 bits per heavy atom. The lowest BCUT2D eigenvalue weighted by atomic mass is 10.0. The van der Waals surface area contributed by atoms with E-state index in [0.29, 0.717) is 36.0 Å². The summed E-state index contributed by atoms with van der Waals surface area (Å²) >= 11 is 1.31. The minimum absolute atomic E-state index is 0.00893. The minimum atomic E-state index is -4.93. The van der Waals surface area contributed by atoms with E-state index in [9.17, 15) is 32.7 Å². The number of aliphatic hydroxyl groups is 1. The first-order chi connectivity index (χ1) is 23.3. The zero-order chi connectivity index (χ0) is 35.4. The minimum Gasteiger partial charge on any atom is -0.380 e. The highest BCUT2D eigenvalue weighted by molar-refractivity contribution is 7.15. The van der Waals surface area contributed by atoms with Crippen molar-refractivity contribution in [3.8, 4) is 0 Å². The van der Waals surface area contributed by atoms with E-state index in [1.807, 2.05) is 30.3 Å². The second-order valence-electron chi connectivity index (χ2n) is 11.4. The fraction of sp³-hybridized carbons (Fsp3) is 0.364. The number of rotatable bonds is 16. The lowest BCUT2D eigenvalue weighted by Gasteiger charge is -2.25. The zero-order valence-corrected chi connectivity index (χ0v) is 27.6. The van der Waals surface area contributed by atoms with Gasteiger partial charge < -0.3 is 20.5 Å². The molecule has 260 valence electrons. The highest BCUT2D eigenvalue weighted by atomic mass is 32.1. The van der Waals surface area contributed by atoms with Crippen molar-refractivity contribution in [2.45, 2.75) is 69.9 Å². The lowest BCUT2D eigenvalue weighted by Crippen LogP contribution is -2.46. The number of carbonyl (C=O) groups excluding carboxylic acids is 3. The highest BCUT2D eigenvalue weighted by Gasteiger charge is 2.50. The fourth-order valence-corrected chi connectivity index (χ4v) is 5.42. The van der Waals surface area contributed by atoms with Crippen molar-refractivity contribution in [1.29, 1.82) is 0 Å². The van der Waals surface area contributed by atoms with Gasteiger partial charge in [-0.2, -0.15) is 18.3 Å². The van der Waals surface area contributed by atoms with E-state index in [1.54, 1.807) is 36.4 Å². The maximum Gasteiger partial charge on any atom is 0.417 e. The number of amides is 3. The number of aromatic nitrogens is 4.